The fraction of sp³-hybridized carbons (Fsp3) is 0.700. The standard InChI is InChI=1S/C10H18N2OS/c1-7(13)10(3,6-11)4-9-5-14-8(2)12-9/h5,7,13H,4,6,11H2,1-3H3. The molecule has 0 spiro atoms. The molecule has 0 saturated carbocycles. The third-order valence-corrected chi connectivity index (χ3v) is 3.55. The van der Waals surface area contributed by atoms with Gasteiger partial charge in [-0.3, -0.25) is 0 Å². The Labute approximate surface area is 89.0 Å². The molecule has 0 bridgehead atoms. The average molecular weight is 214 g/mol. The highest BCUT2D eigenvalue weighted by Crippen LogP contribution is 2.26. The minimum Gasteiger partial charge on any atom is -0.393 e. The maximum atomic E-state index is 9.64. The first kappa shape index (κ1) is 11.6. The summed E-state index contributed by atoms with van der Waals surface area (Å²) in [5.41, 5.74) is 6.44. The van der Waals surface area contributed by atoms with Gasteiger partial charge in [-0.15, -0.1) is 11.3 Å². The van der Waals surface area contributed by atoms with E-state index >= 15 is 0 Å². The maximum Gasteiger partial charge on any atom is 0.0897 e. The first-order valence-electron chi connectivity index (χ1n) is 4.77. The normalized spacial score (nSPS) is 17.8. The Balaban J connectivity index is 2.75. The lowest BCUT2D eigenvalue weighted by Crippen LogP contribution is -2.39. The summed E-state index contributed by atoms with van der Waals surface area (Å²) in [6, 6.07) is 0. The summed E-state index contributed by atoms with van der Waals surface area (Å²) in [7, 11) is 0. The van der Waals surface area contributed by atoms with Crippen LogP contribution < -0.4 is 5.73 Å². The second-order valence-corrected chi connectivity index (χ2v) is 5.13. The Kier molecular flexibility index (Phi) is 3.64. The molecular formula is C10H18N2OS. The molecule has 3 nitrogen and oxygen atoms in total. The fourth-order valence-corrected chi connectivity index (χ4v) is 1.91. The topological polar surface area (TPSA) is 59.1 Å². The largest absolute Gasteiger partial charge is 0.393 e. The van der Waals surface area contributed by atoms with Crippen molar-refractivity contribution in [2.24, 2.45) is 11.1 Å². The van der Waals surface area contributed by atoms with Gasteiger partial charge in [0.2, 0.25) is 0 Å². The number of aliphatic hydroxyl groups is 1. The summed E-state index contributed by atoms with van der Waals surface area (Å²) in [5.74, 6) is 0. The zero-order valence-electron chi connectivity index (χ0n) is 8.95. The number of aromatic nitrogens is 1. The van der Waals surface area contributed by atoms with Crippen LogP contribution in [0.2, 0.25) is 0 Å². The predicted molar refractivity (Wildman–Crippen MR) is 59.4 cm³/mol. The van der Waals surface area contributed by atoms with Gasteiger partial charge in [0.1, 0.15) is 0 Å². The number of aryl methyl sites for hydroxylation is 1. The van der Waals surface area contributed by atoms with Crippen LogP contribution in [0.5, 0.6) is 0 Å². The number of aliphatic hydroxyl groups excluding tert-OH is 1. The molecule has 0 amide bonds. The van der Waals surface area contributed by atoms with Crippen LogP contribution >= 0.6 is 11.3 Å². The third kappa shape index (κ3) is 2.53. The van der Waals surface area contributed by atoms with Crippen LogP contribution in [0.1, 0.15) is 24.5 Å². The highest BCUT2D eigenvalue weighted by Gasteiger charge is 2.29. The van der Waals surface area contributed by atoms with E-state index in [1.807, 2.05) is 19.2 Å². The second kappa shape index (κ2) is 4.38. The van der Waals surface area contributed by atoms with Gasteiger partial charge in [0.15, 0.2) is 0 Å². The highest BCUT2D eigenvalue weighted by atomic mass is 32.1. The van der Waals surface area contributed by atoms with Crippen LogP contribution in [0.15, 0.2) is 5.38 Å². The Bertz CT molecular complexity index is 298. The highest BCUT2D eigenvalue weighted by molar-refractivity contribution is 7.09. The molecule has 0 aliphatic carbocycles. The molecule has 1 aromatic heterocycles. The van der Waals surface area contributed by atoms with Crippen molar-refractivity contribution >= 4 is 11.3 Å². The molecule has 0 saturated heterocycles. The molecule has 1 aromatic rings. The number of thiazole rings is 1. The maximum absolute atomic E-state index is 9.64. The minimum atomic E-state index is -0.408. The fourth-order valence-electron chi connectivity index (χ4n) is 1.29. The van der Waals surface area contributed by atoms with Crippen molar-refractivity contribution in [1.29, 1.82) is 0 Å². The van der Waals surface area contributed by atoms with Crippen molar-refractivity contribution in [1.82, 2.24) is 4.98 Å². The van der Waals surface area contributed by atoms with Gasteiger partial charge in [-0.2, -0.15) is 0 Å². The summed E-state index contributed by atoms with van der Waals surface area (Å²) >= 11 is 1.63. The second-order valence-electron chi connectivity index (χ2n) is 4.07. The van der Waals surface area contributed by atoms with E-state index in [-0.39, 0.29) is 5.41 Å². The van der Waals surface area contributed by atoms with Gasteiger partial charge in [0.25, 0.3) is 0 Å². The predicted octanol–water partition coefficient (Wildman–Crippen LogP) is 1.34. The molecule has 0 aliphatic heterocycles. The van der Waals surface area contributed by atoms with Crippen LogP contribution in [-0.4, -0.2) is 22.7 Å². The van der Waals surface area contributed by atoms with E-state index in [9.17, 15) is 5.11 Å². The quantitative estimate of drug-likeness (QED) is 0.795. The first-order valence-corrected chi connectivity index (χ1v) is 5.65. The lowest BCUT2D eigenvalue weighted by molar-refractivity contribution is 0.0582. The summed E-state index contributed by atoms with van der Waals surface area (Å²) < 4.78 is 0. The molecule has 80 valence electrons. The number of hydrogen-bond acceptors (Lipinski definition) is 4. The molecule has 3 N–H and O–H groups in total. The van der Waals surface area contributed by atoms with Gasteiger partial charge in [0, 0.05) is 17.3 Å². The SMILES string of the molecule is Cc1nc(CC(C)(CN)C(C)O)cs1. The van der Waals surface area contributed by atoms with Gasteiger partial charge in [-0.05, 0) is 20.3 Å². The number of nitrogens with zero attached hydrogens (tertiary/aromatic N) is 1. The van der Waals surface area contributed by atoms with E-state index in [1.54, 1.807) is 18.3 Å². The zero-order chi connectivity index (χ0) is 10.8. The molecule has 2 unspecified atom stereocenters. The summed E-state index contributed by atoms with van der Waals surface area (Å²) in [4.78, 5) is 4.38. The van der Waals surface area contributed by atoms with Crippen LogP contribution in [0.25, 0.3) is 0 Å². The minimum absolute atomic E-state index is 0.263. The van der Waals surface area contributed by atoms with Gasteiger partial charge in [0.05, 0.1) is 16.8 Å². The molecular weight excluding hydrogens is 196 g/mol. The third-order valence-electron chi connectivity index (χ3n) is 2.73. The van der Waals surface area contributed by atoms with E-state index in [0.717, 1.165) is 17.1 Å². The van der Waals surface area contributed by atoms with Crippen molar-refractivity contribution in [3.63, 3.8) is 0 Å². The van der Waals surface area contributed by atoms with E-state index in [0.29, 0.717) is 6.54 Å². The number of rotatable bonds is 4. The van der Waals surface area contributed by atoms with Crippen LogP contribution in [-0.2, 0) is 6.42 Å². The lowest BCUT2D eigenvalue weighted by atomic mass is 9.81. The zero-order valence-corrected chi connectivity index (χ0v) is 9.77. The number of nitrogens with two attached hydrogens (primary N) is 1. The summed E-state index contributed by atoms with van der Waals surface area (Å²) in [6.07, 6.45) is 0.334. The Morgan fingerprint density at radius 2 is 2.36 bits per heavy atom. The van der Waals surface area contributed by atoms with Gasteiger partial charge < -0.3 is 10.8 Å². The van der Waals surface area contributed by atoms with E-state index < -0.39 is 6.10 Å². The Morgan fingerprint density at radius 3 is 2.71 bits per heavy atom. The molecule has 0 aromatic carbocycles. The van der Waals surface area contributed by atoms with Gasteiger partial charge in [-0.1, -0.05) is 6.92 Å². The van der Waals surface area contributed by atoms with E-state index in [4.69, 9.17) is 5.73 Å². The smallest absolute Gasteiger partial charge is 0.0897 e. The Hall–Kier alpha value is -0.450. The van der Waals surface area contributed by atoms with Gasteiger partial charge in [-0.25, -0.2) is 4.98 Å². The van der Waals surface area contributed by atoms with Gasteiger partial charge >= 0.3 is 0 Å². The molecule has 1 heterocycles. The van der Waals surface area contributed by atoms with Crippen LogP contribution in [0, 0.1) is 12.3 Å². The van der Waals surface area contributed by atoms with Crippen molar-refractivity contribution in [3.05, 3.63) is 16.1 Å². The molecule has 14 heavy (non-hydrogen) atoms. The van der Waals surface area contributed by atoms with Crippen molar-refractivity contribution < 1.29 is 5.11 Å². The summed E-state index contributed by atoms with van der Waals surface area (Å²) in [6.45, 7) is 6.23. The van der Waals surface area contributed by atoms with E-state index in [1.165, 1.54) is 0 Å². The molecule has 0 fully saturated rings. The van der Waals surface area contributed by atoms with Crippen molar-refractivity contribution in [2.75, 3.05) is 6.54 Å². The summed E-state index contributed by atoms with van der Waals surface area (Å²) in [5, 5.41) is 12.7. The monoisotopic (exact) mass is 214 g/mol. The molecule has 1 rings (SSSR count). The molecule has 4 heteroatoms. The van der Waals surface area contributed by atoms with Crippen LogP contribution in [0.4, 0.5) is 0 Å². The van der Waals surface area contributed by atoms with Crippen LogP contribution in [0.3, 0.4) is 0 Å². The van der Waals surface area contributed by atoms with E-state index in [2.05, 4.69) is 4.98 Å². The first-order chi connectivity index (χ1) is 6.48. The molecule has 0 aliphatic rings. The van der Waals surface area contributed by atoms with Crippen molar-refractivity contribution in [3.8, 4) is 0 Å². The lowest BCUT2D eigenvalue weighted by Gasteiger charge is -2.30. The van der Waals surface area contributed by atoms with Crippen molar-refractivity contribution in [2.45, 2.75) is 33.3 Å². The average Bonchev–Trinajstić information content (AvgIpc) is 2.50. The molecule has 2 atom stereocenters. The number of hydrogen-bond donors (Lipinski definition) is 2. The Morgan fingerprint density at radius 1 is 1.71 bits per heavy atom. The molecule has 0 radical (unpaired) electrons.